The number of nitrogens with one attached hydrogen (secondary N) is 1. The van der Waals surface area contributed by atoms with E-state index in [1.165, 1.54) is 0 Å². The van der Waals surface area contributed by atoms with Crippen molar-refractivity contribution < 1.29 is 9.90 Å². The molecule has 3 rings (SSSR count). The third-order valence-electron chi connectivity index (χ3n) is 3.65. The minimum atomic E-state index is -0.399. The number of carbonyl (C=O) groups is 1. The number of benzene rings is 2. The summed E-state index contributed by atoms with van der Waals surface area (Å²) in [6, 6.07) is 13.6. The molecule has 3 heteroatoms. The average Bonchev–Trinajstić information content (AvgIpc) is 3.28. The Morgan fingerprint density at radius 2 is 1.95 bits per heavy atom. The van der Waals surface area contributed by atoms with Crippen molar-refractivity contribution in [2.24, 2.45) is 5.92 Å². The van der Waals surface area contributed by atoms with Crippen LogP contribution in [0.4, 0.5) is 0 Å². The van der Waals surface area contributed by atoms with Crippen LogP contribution in [0.5, 0.6) is 0 Å². The van der Waals surface area contributed by atoms with Crippen LogP contribution < -0.4 is 5.32 Å². The van der Waals surface area contributed by atoms with E-state index in [9.17, 15) is 9.90 Å². The van der Waals surface area contributed by atoms with E-state index in [1.807, 2.05) is 42.5 Å². The number of hydrogen-bond donors (Lipinski definition) is 2. The van der Waals surface area contributed by atoms with Crippen molar-refractivity contribution in [3.8, 4) is 0 Å². The fourth-order valence-corrected chi connectivity index (χ4v) is 2.28. The highest BCUT2D eigenvalue weighted by Gasteiger charge is 2.29. The van der Waals surface area contributed by atoms with Gasteiger partial charge in [-0.2, -0.15) is 0 Å². The molecule has 0 saturated heterocycles. The molecule has 19 heavy (non-hydrogen) atoms. The second-order valence-electron chi connectivity index (χ2n) is 5.18. The SMILES string of the molecule is O=C(NCC(O)C1CC1)c1ccc2ccccc2c1. The van der Waals surface area contributed by atoms with Gasteiger partial charge in [-0.1, -0.05) is 30.3 Å². The van der Waals surface area contributed by atoms with Crippen molar-refractivity contribution >= 4 is 16.7 Å². The average molecular weight is 255 g/mol. The lowest BCUT2D eigenvalue weighted by Crippen LogP contribution is -2.33. The lowest BCUT2D eigenvalue weighted by molar-refractivity contribution is 0.0901. The van der Waals surface area contributed by atoms with Crippen LogP contribution in [0.25, 0.3) is 10.8 Å². The Kier molecular flexibility index (Phi) is 3.22. The van der Waals surface area contributed by atoms with Gasteiger partial charge in [0.15, 0.2) is 0 Å². The van der Waals surface area contributed by atoms with Gasteiger partial charge in [-0.25, -0.2) is 0 Å². The summed E-state index contributed by atoms with van der Waals surface area (Å²) < 4.78 is 0. The van der Waals surface area contributed by atoms with Crippen LogP contribution in [-0.4, -0.2) is 23.7 Å². The Bertz CT molecular complexity index is 604. The van der Waals surface area contributed by atoms with Crippen molar-refractivity contribution in [2.45, 2.75) is 18.9 Å². The van der Waals surface area contributed by atoms with E-state index < -0.39 is 6.10 Å². The molecule has 1 unspecified atom stereocenters. The molecule has 1 aliphatic rings. The molecule has 1 saturated carbocycles. The van der Waals surface area contributed by atoms with E-state index in [0.29, 0.717) is 18.0 Å². The minimum absolute atomic E-state index is 0.120. The molecule has 2 N–H and O–H groups in total. The maximum Gasteiger partial charge on any atom is 0.251 e. The highest BCUT2D eigenvalue weighted by atomic mass is 16.3. The first-order valence-corrected chi connectivity index (χ1v) is 6.69. The topological polar surface area (TPSA) is 49.3 Å². The molecular formula is C16H17NO2. The van der Waals surface area contributed by atoms with Gasteiger partial charge in [0.1, 0.15) is 0 Å². The van der Waals surface area contributed by atoms with Gasteiger partial charge in [0, 0.05) is 12.1 Å². The van der Waals surface area contributed by atoms with Gasteiger partial charge in [-0.05, 0) is 41.7 Å². The van der Waals surface area contributed by atoms with E-state index >= 15 is 0 Å². The van der Waals surface area contributed by atoms with Crippen LogP contribution in [-0.2, 0) is 0 Å². The number of aliphatic hydroxyl groups excluding tert-OH is 1. The van der Waals surface area contributed by atoms with E-state index in [0.717, 1.165) is 23.6 Å². The van der Waals surface area contributed by atoms with Crippen LogP contribution in [0, 0.1) is 5.92 Å². The lowest BCUT2D eigenvalue weighted by Gasteiger charge is -2.11. The largest absolute Gasteiger partial charge is 0.391 e. The van der Waals surface area contributed by atoms with Crippen LogP contribution in [0.15, 0.2) is 42.5 Å². The molecule has 1 aliphatic carbocycles. The predicted octanol–water partition coefficient (Wildman–Crippen LogP) is 2.34. The number of hydrogen-bond acceptors (Lipinski definition) is 2. The van der Waals surface area contributed by atoms with Gasteiger partial charge in [0.25, 0.3) is 5.91 Å². The van der Waals surface area contributed by atoms with E-state index in [2.05, 4.69) is 5.32 Å². The van der Waals surface area contributed by atoms with E-state index in [4.69, 9.17) is 0 Å². The lowest BCUT2D eigenvalue weighted by atomic mass is 10.1. The van der Waals surface area contributed by atoms with Gasteiger partial charge in [0.2, 0.25) is 0 Å². The van der Waals surface area contributed by atoms with E-state index in [-0.39, 0.29) is 5.91 Å². The zero-order chi connectivity index (χ0) is 13.2. The molecule has 3 nitrogen and oxygen atoms in total. The summed E-state index contributed by atoms with van der Waals surface area (Å²) >= 11 is 0. The van der Waals surface area contributed by atoms with Crippen LogP contribution in [0.3, 0.4) is 0 Å². The minimum Gasteiger partial charge on any atom is -0.391 e. The molecule has 2 aromatic carbocycles. The summed E-state index contributed by atoms with van der Waals surface area (Å²) in [6.45, 7) is 0.344. The molecule has 1 atom stereocenters. The number of rotatable bonds is 4. The summed E-state index contributed by atoms with van der Waals surface area (Å²) in [5.41, 5.74) is 0.640. The Morgan fingerprint density at radius 1 is 1.21 bits per heavy atom. The second kappa shape index (κ2) is 5.02. The molecular weight excluding hydrogens is 238 g/mol. The summed E-state index contributed by atoms with van der Waals surface area (Å²) in [7, 11) is 0. The maximum atomic E-state index is 12.0. The molecule has 0 aliphatic heterocycles. The Balaban J connectivity index is 1.70. The first-order valence-electron chi connectivity index (χ1n) is 6.69. The number of fused-ring (bicyclic) bond motifs is 1. The molecule has 0 aromatic heterocycles. The van der Waals surface area contributed by atoms with Crippen molar-refractivity contribution in [2.75, 3.05) is 6.54 Å². The molecule has 0 heterocycles. The molecule has 1 fully saturated rings. The highest BCUT2D eigenvalue weighted by molar-refractivity contribution is 5.98. The van der Waals surface area contributed by atoms with Crippen molar-refractivity contribution in [3.63, 3.8) is 0 Å². The maximum absolute atomic E-state index is 12.0. The molecule has 2 aromatic rings. The van der Waals surface area contributed by atoms with Crippen molar-refractivity contribution in [1.29, 1.82) is 0 Å². The van der Waals surface area contributed by atoms with Gasteiger partial charge in [-0.15, -0.1) is 0 Å². The second-order valence-corrected chi connectivity index (χ2v) is 5.18. The van der Waals surface area contributed by atoms with E-state index in [1.54, 1.807) is 0 Å². The van der Waals surface area contributed by atoms with Gasteiger partial charge in [-0.3, -0.25) is 4.79 Å². The Labute approximate surface area is 112 Å². The standard InChI is InChI=1S/C16H17NO2/c18-15(12-6-7-12)10-17-16(19)14-8-5-11-3-1-2-4-13(11)9-14/h1-5,8-9,12,15,18H,6-7,10H2,(H,17,19). The smallest absolute Gasteiger partial charge is 0.251 e. The van der Waals surface area contributed by atoms with Crippen molar-refractivity contribution in [1.82, 2.24) is 5.32 Å². The fraction of sp³-hybridized carbons (Fsp3) is 0.312. The predicted molar refractivity (Wildman–Crippen MR) is 75.0 cm³/mol. The molecule has 0 radical (unpaired) electrons. The van der Waals surface area contributed by atoms with Crippen LogP contribution in [0.2, 0.25) is 0 Å². The van der Waals surface area contributed by atoms with Crippen LogP contribution in [0.1, 0.15) is 23.2 Å². The van der Waals surface area contributed by atoms with Gasteiger partial charge < -0.3 is 10.4 Å². The first kappa shape index (κ1) is 12.2. The monoisotopic (exact) mass is 255 g/mol. The van der Waals surface area contributed by atoms with Crippen molar-refractivity contribution in [3.05, 3.63) is 48.0 Å². The first-order chi connectivity index (χ1) is 9.24. The zero-order valence-corrected chi connectivity index (χ0v) is 10.7. The van der Waals surface area contributed by atoms with Gasteiger partial charge >= 0.3 is 0 Å². The third kappa shape index (κ3) is 2.76. The fourth-order valence-electron chi connectivity index (χ4n) is 2.28. The summed E-state index contributed by atoms with van der Waals surface area (Å²) in [4.78, 5) is 12.0. The highest BCUT2D eigenvalue weighted by Crippen LogP contribution is 2.32. The van der Waals surface area contributed by atoms with Gasteiger partial charge in [0.05, 0.1) is 6.10 Å². The number of amides is 1. The zero-order valence-electron chi connectivity index (χ0n) is 10.7. The normalized spacial score (nSPS) is 16.3. The summed E-state index contributed by atoms with van der Waals surface area (Å²) in [6.07, 6.45) is 1.75. The molecule has 1 amide bonds. The third-order valence-corrected chi connectivity index (χ3v) is 3.65. The van der Waals surface area contributed by atoms with Crippen LogP contribution >= 0.6 is 0 Å². The summed E-state index contributed by atoms with van der Waals surface area (Å²) in [5.74, 6) is 0.266. The molecule has 98 valence electrons. The Morgan fingerprint density at radius 3 is 2.68 bits per heavy atom. The molecule has 0 bridgehead atoms. The Hall–Kier alpha value is -1.87. The number of aliphatic hydroxyl groups is 1. The quantitative estimate of drug-likeness (QED) is 0.881. The molecule has 0 spiro atoms. The number of carbonyl (C=O) groups excluding carboxylic acids is 1. The summed E-state index contributed by atoms with van der Waals surface area (Å²) in [5, 5.41) is 14.7.